The fraction of sp³-hybridized carbons (Fsp3) is 0.0769. The van der Waals surface area contributed by atoms with E-state index in [0.717, 1.165) is 4.73 Å². The van der Waals surface area contributed by atoms with Gasteiger partial charge in [-0.2, -0.15) is 8.78 Å². The second kappa shape index (κ2) is 4.44. The van der Waals surface area contributed by atoms with E-state index < -0.39 is 6.61 Å². The zero-order valence-electron chi connectivity index (χ0n) is 9.92. The molecule has 2 aromatic heterocycles. The van der Waals surface area contributed by atoms with E-state index in [1.54, 1.807) is 0 Å². The number of carbonyl (C=O) groups excluding carboxylic acids is 1. The molecule has 20 heavy (non-hydrogen) atoms. The van der Waals surface area contributed by atoms with Crippen molar-refractivity contribution in [3.8, 4) is 5.75 Å². The summed E-state index contributed by atoms with van der Waals surface area (Å²) in [5.74, 6) is -0.165. The predicted molar refractivity (Wildman–Crippen MR) is 63.1 cm³/mol. The highest BCUT2D eigenvalue weighted by Gasteiger charge is 2.20. The van der Waals surface area contributed by atoms with Crippen LogP contribution >= 0.6 is 0 Å². The van der Waals surface area contributed by atoms with Gasteiger partial charge in [0.1, 0.15) is 5.58 Å². The third kappa shape index (κ3) is 1.83. The number of furan rings is 1. The number of aromatic nitrogens is 1. The van der Waals surface area contributed by atoms with Crippen LogP contribution in [0.25, 0.3) is 21.9 Å². The fourth-order valence-electron chi connectivity index (χ4n) is 2.10. The standard InChI is InChI=1S/C13H8F2NO4/c14-13(15)20-10-2-1-7(6-17)11-8-5-16(18)4-3-9(8)19-12(10)11/h1-6,13,18H/q+1. The van der Waals surface area contributed by atoms with E-state index >= 15 is 0 Å². The van der Waals surface area contributed by atoms with Crippen molar-refractivity contribution in [2.45, 2.75) is 6.61 Å². The summed E-state index contributed by atoms with van der Waals surface area (Å²) in [6, 6.07) is 4.06. The first-order valence-electron chi connectivity index (χ1n) is 5.60. The molecule has 2 heterocycles. The Morgan fingerprint density at radius 3 is 2.85 bits per heavy atom. The molecule has 7 heteroatoms. The van der Waals surface area contributed by atoms with Gasteiger partial charge in [-0.1, -0.05) is 0 Å². The lowest BCUT2D eigenvalue weighted by atomic mass is 10.1. The van der Waals surface area contributed by atoms with E-state index in [4.69, 9.17) is 4.42 Å². The molecule has 0 radical (unpaired) electrons. The molecule has 0 saturated carbocycles. The molecule has 1 aromatic carbocycles. The maximum absolute atomic E-state index is 12.4. The van der Waals surface area contributed by atoms with Crippen LogP contribution in [0.4, 0.5) is 8.78 Å². The molecule has 0 unspecified atom stereocenters. The Hall–Kier alpha value is -2.70. The quantitative estimate of drug-likeness (QED) is 0.455. The van der Waals surface area contributed by atoms with Crippen LogP contribution in [0.1, 0.15) is 10.4 Å². The molecule has 1 N–H and O–H groups in total. The van der Waals surface area contributed by atoms with E-state index in [1.165, 1.54) is 30.6 Å². The summed E-state index contributed by atoms with van der Waals surface area (Å²) >= 11 is 0. The number of benzene rings is 1. The minimum atomic E-state index is -3.00. The second-order valence-corrected chi connectivity index (χ2v) is 4.06. The van der Waals surface area contributed by atoms with Gasteiger partial charge in [0.25, 0.3) is 0 Å². The smallest absolute Gasteiger partial charge is 0.387 e. The highest BCUT2D eigenvalue weighted by atomic mass is 19.3. The summed E-state index contributed by atoms with van der Waals surface area (Å²) in [6.45, 7) is -3.00. The van der Waals surface area contributed by atoms with Crippen LogP contribution in [-0.2, 0) is 0 Å². The normalized spacial score (nSPS) is 11.3. The maximum Gasteiger partial charge on any atom is 0.387 e. The first-order chi connectivity index (χ1) is 9.60. The third-order valence-electron chi connectivity index (χ3n) is 2.88. The average molecular weight is 280 g/mol. The molecule has 3 aromatic rings. The van der Waals surface area contributed by atoms with Gasteiger partial charge in [0, 0.05) is 15.7 Å². The van der Waals surface area contributed by atoms with Crippen molar-refractivity contribution in [1.82, 2.24) is 0 Å². The van der Waals surface area contributed by atoms with E-state index in [2.05, 4.69) is 4.74 Å². The molecule has 0 bridgehead atoms. The molecule has 0 aliphatic carbocycles. The van der Waals surface area contributed by atoms with Gasteiger partial charge < -0.3 is 9.15 Å². The van der Waals surface area contributed by atoms with Gasteiger partial charge in [0.05, 0.1) is 11.5 Å². The zero-order valence-corrected chi connectivity index (χ0v) is 9.92. The lowest BCUT2D eigenvalue weighted by molar-refractivity contribution is -0.903. The van der Waals surface area contributed by atoms with Gasteiger partial charge >= 0.3 is 6.61 Å². The highest BCUT2D eigenvalue weighted by Crippen LogP contribution is 2.36. The number of hydrogen-bond acceptors (Lipinski definition) is 4. The number of ether oxygens (including phenoxy) is 1. The summed E-state index contributed by atoms with van der Waals surface area (Å²) in [7, 11) is 0. The van der Waals surface area contributed by atoms with Crippen molar-refractivity contribution in [3.63, 3.8) is 0 Å². The number of halogens is 2. The lowest BCUT2D eigenvalue weighted by Crippen LogP contribution is -2.27. The van der Waals surface area contributed by atoms with Crippen molar-refractivity contribution in [2.75, 3.05) is 0 Å². The largest absolute Gasteiger partial charge is 0.452 e. The monoisotopic (exact) mass is 280 g/mol. The summed E-state index contributed by atoms with van der Waals surface area (Å²) < 4.78 is 35.3. The average Bonchev–Trinajstić information content (AvgIpc) is 2.78. The maximum atomic E-state index is 12.4. The van der Waals surface area contributed by atoms with Crippen LogP contribution in [-0.4, -0.2) is 18.1 Å². The van der Waals surface area contributed by atoms with Crippen LogP contribution in [0.5, 0.6) is 5.75 Å². The van der Waals surface area contributed by atoms with Gasteiger partial charge in [-0.25, -0.2) is 0 Å². The van der Waals surface area contributed by atoms with E-state index in [0.29, 0.717) is 22.6 Å². The molecule has 0 aliphatic heterocycles. The van der Waals surface area contributed by atoms with Crippen molar-refractivity contribution in [3.05, 3.63) is 36.2 Å². The Balaban J connectivity index is 2.41. The summed E-state index contributed by atoms with van der Waals surface area (Å²) in [5, 5.41) is 10.2. The summed E-state index contributed by atoms with van der Waals surface area (Å²) in [6.07, 6.45) is 3.22. The van der Waals surface area contributed by atoms with Crippen LogP contribution in [0, 0.1) is 0 Å². The first kappa shape index (κ1) is 12.3. The molecule has 0 aliphatic rings. The molecule has 0 atom stereocenters. The number of carbonyl (C=O) groups is 1. The van der Waals surface area contributed by atoms with E-state index in [-0.39, 0.29) is 16.9 Å². The van der Waals surface area contributed by atoms with Crippen molar-refractivity contribution >= 4 is 28.2 Å². The Bertz CT molecular complexity index is 813. The van der Waals surface area contributed by atoms with Crippen molar-refractivity contribution in [2.24, 2.45) is 0 Å². The third-order valence-corrected chi connectivity index (χ3v) is 2.88. The molecule has 102 valence electrons. The number of rotatable bonds is 3. The predicted octanol–water partition coefficient (Wildman–Crippen LogP) is 2.52. The number of fused-ring (bicyclic) bond motifs is 3. The number of aldehydes is 1. The van der Waals surface area contributed by atoms with Gasteiger partial charge in [0.2, 0.25) is 12.4 Å². The molecule has 0 fully saturated rings. The van der Waals surface area contributed by atoms with Gasteiger partial charge in [0.15, 0.2) is 17.6 Å². The van der Waals surface area contributed by atoms with Gasteiger partial charge in [-0.3, -0.25) is 10.0 Å². The van der Waals surface area contributed by atoms with Crippen molar-refractivity contribution in [1.29, 1.82) is 0 Å². The Kier molecular flexibility index (Phi) is 2.74. The van der Waals surface area contributed by atoms with Gasteiger partial charge in [-0.05, 0) is 12.1 Å². The molecule has 0 spiro atoms. The number of alkyl halides is 2. The van der Waals surface area contributed by atoms with Crippen LogP contribution in [0.2, 0.25) is 0 Å². The number of hydrogen-bond donors (Lipinski definition) is 1. The molecular formula is C13H8F2NO4+. The minimum Gasteiger partial charge on any atom is -0.452 e. The van der Waals surface area contributed by atoms with Gasteiger partial charge in [-0.15, -0.1) is 0 Å². The Morgan fingerprint density at radius 2 is 2.15 bits per heavy atom. The Morgan fingerprint density at radius 1 is 1.35 bits per heavy atom. The Labute approximate surface area is 110 Å². The lowest BCUT2D eigenvalue weighted by Gasteiger charge is -2.05. The second-order valence-electron chi connectivity index (χ2n) is 4.06. The molecule has 0 amide bonds. The molecule has 0 saturated heterocycles. The van der Waals surface area contributed by atoms with Crippen LogP contribution < -0.4 is 9.47 Å². The van der Waals surface area contributed by atoms with Crippen molar-refractivity contribution < 1.29 is 32.7 Å². The van der Waals surface area contributed by atoms with Crippen LogP contribution in [0.3, 0.4) is 0 Å². The van der Waals surface area contributed by atoms with Crippen LogP contribution in [0.15, 0.2) is 35.0 Å². The molecule has 5 nitrogen and oxygen atoms in total. The highest BCUT2D eigenvalue weighted by molar-refractivity contribution is 6.13. The zero-order chi connectivity index (χ0) is 14.3. The summed E-state index contributed by atoms with van der Waals surface area (Å²) in [4.78, 5) is 11.1. The first-order valence-corrected chi connectivity index (χ1v) is 5.60. The topological polar surface area (TPSA) is 63.5 Å². The number of pyridine rings is 1. The molecule has 3 rings (SSSR count). The SMILES string of the molecule is O=Cc1ccc(OC(F)F)c2oc3cc[n+](O)cc3c12. The number of nitrogens with zero attached hydrogens (tertiary/aromatic N) is 1. The minimum absolute atomic E-state index is 0.0381. The van der Waals surface area contributed by atoms with E-state index in [9.17, 15) is 18.8 Å². The summed E-state index contributed by atoms with van der Waals surface area (Å²) in [5.41, 5.74) is 0.640. The van der Waals surface area contributed by atoms with E-state index in [1.807, 2.05) is 0 Å². The molecular weight excluding hydrogens is 272 g/mol. The fourth-order valence-corrected chi connectivity index (χ4v) is 2.10.